The normalized spacial score (nSPS) is 18.2. The van der Waals surface area contributed by atoms with Gasteiger partial charge in [-0.05, 0) is 18.3 Å². The number of ether oxygens (including phenoxy) is 1. The van der Waals surface area contributed by atoms with E-state index in [1.54, 1.807) is 0 Å². The summed E-state index contributed by atoms with van der Waals surface area (Å²) in [5.74, 6) is 2.05. The SMILES string of the molecule is Cn1c(C2COc3ccccc32)n[nH]c1=S. The van der Waals surface area contributed by atoms with Crippen LogP contribution in [0.5, 0.6) is 5.75 Å². The Hall–Kier alpha value is -1.62. The maximum absolute atomic E-state index is 5.63. The lowest BCUT2D eigenvalue weighted by Crippen LogP contribution is -2.09. The van der Waals surface area contributed by atoms with Gasteiger partial charge in [0.25, 0.3) is 0 Å². The van der Waals surface area contributed by atoms with Gasteiger partial charge in [0, 0.05) is 12.6 Å². The van der Waals surface area contributed by atoms with E-state index >= 15 is 0 Å². The molecule has 0 amide bonds. The minimum absolute atomic E-state index is 0.175. The summed E-state index contributed by atoms with van der Waals surface area (Å²) in [6.45, 7) is 0.632. The molecule has 1 aromatic heterocycles. The number of benzene rings is 1. The number of aromatic nitrogens is 3. The van der Waals surface area contributed by atoms with Crippen molar-refractivity contribution in [3.8, 4) is 5.75 Å². The molecule has 1 aliphatic heterocycles. The van der Waals surface area contributed by atoms with Crippen LogP contribution in [-0.4, -0.2) is 21.4 Å². The zero-order chi connectivity index (χ0) is 11.1. The Morgan fingerprint density at radius 2 is 2.31 bits per heavy atom. The largest absolute Gasteiger partial charge is 0.492 e. The van der Waals surface area contributed by atoms with Gasteiger partial charge < -0.3 is 9.30 Å². The number of rotatable bonds is 1. The van der Waals surface area contributed by atoms with E-state index in [0.29, 0.717) is 11.4 Å². The van der Waals surface area contributed by atoms with E-state index < -0.39 is 0 Å². The van der Waals surface area contributed by atoms with Crippen molar-refractivity contribution in [1.29, 1.82) is 0 Å². The van der Waals surface area contributed by atoms with E-state index in [-0.39, 0.29) is 5.92 Å². The Kier molecular flexibility index (Phi) is 2.07. The van der Waals surface area contributed by atoms with Gasteiger partial charge in [-0.15, -0.1) is 0 Å². The first-order chi connectivity index (χ1) is 7.77. The summed E-state index contributed by atoms with van der Waals surface area (Å²) in [7, 11) is 1.92. The predicted molar refractivity (Wildman–Crippen MR) is 62.2 cm³/mol. The number of nitrogens with one attached hydrogen (secondary N) is 1. The van der Waals surface area contributed by atoms with Crippen LogP contribution in [-0.2, 0) is 7.05 Å². The smallest absolute Gasteiger partial charge is 0.194 e. The third-order valence-electron chi connectivity index (χ3n) is 2.93. The second-order valence-electron chi connectivity index (χ2n) is 3.85. The van der Waals surface area contributed by atoms with Gasteiger partial charge in [-0.1, -0.05) is 18.2 Å². The number of H-pyrrole nitrogens is 1. The lowest BCUT2D eigenvalue weighted by molar-refractivity contribution is 0.338. The van der Waals surface area contributed by atoms with Crippen molar-refractivity contribution in [2.24, 2.45) is 7.05 Å². The molecule has 0 spiro atoms. The quantitative estimate of drug-likeness (QED) is 0.766. The summed E-state index contributed by atoms with van der Waals surface area (Å²) in [6, 6.07) is 8.05. The number of nitrogens with zero attached hydrogens (tertiary/aromatic N) is 2. The zero-order valence-electron chi connectivity index (χ0n) is 8.80. The molecule has 0 saturated heterocycles. The summed E-state index contributed by atoms with van der Waals surface area (Å²) in [5.41, 5.74) is 1.18. The van der Waals surface area contributed by atoms with Crippen LogP contribution in [0.4, 0.5) is 0 Å². The van der Waals surface area contributed by atoms with Crippen LogP contribution in [0.2, 0.25) is 0 Å². The fourth-order valence-corrected chi connectivity index (χ4v) is 2.19. The number of hydrogen-bond donors (Lipinski definition) is 1. The van der Waals surface area contributed by atoms with Crippen LogP contribution < -0.4 is 4.74 Å². The molecule has 82 valence electrons. The van der Waals surface area contributed by atoms with Crippen LogP contribution in [0.25, 0.3) is 0 Å². The summed E-state index contributed by atoms with van der Waals surface area (Å²) in [4.78, 5) is 0. The molecule has 1 aromatic carbocycles. The first-order valence-corrected chi connectivity index (χ1v) is 5.51. The molecule has 1 unspecified atom stereocenters. The lowest BCUT2D eigenvalue weighted by Gasteiger charge is -2.07. The second kappa shape index (κ2) is 3.45. The van der Waals surface area contributed by atoms with Crippen LogP contribution in [0.15, 0.2) is 24.3 Å². The fourth-order valence-electron chi connectivity index (χ4n) is 2.05. The van der Waals surface area contributed by atoms with Crippen molar-refractivity contribution < 1.29 is 4.74 Å². The van der Waals surface area contributed by atoms with Gasteiger partial charge in [-0.2, -0.15) is 5.10 Å². The monoisotopic (exact) mass is 233 g/mol. The third-order valence-corrected chi connectivity index (χ3v) is 3.29. The molecule has 3 rings (SSSR count). The minimum atomic E-state index is 0.175. The van der Waals surface area contributed by atoms with Gasteiger partial charge >= 0.3 is 0 Å². The van der Waals surface area contributed by atoms with Crippen molar-refractivity contribution in [2.45, 2.75) is 5.92 Å². The molecule has 2 heterocycles. The molecular formula is C11H11N3OS. The molecule has 1 N–H and O–H groups in total. The van der Waals surface area contributed by atoms with Crippen molar-refractivity contribution in [3.05, 3.63) is 40.4 Å². The molecule has 0 fully saturated rings. The van der Waals surface area contributed by atoms with E-state index in [9.17, 15) is 0 Å². The van der Waals surface area contributed by atoms with E-state index in [2.05, 4.69) is 16.3 Å². The Morgan fingerprint density at radius 1 is 1.50 bits per heavy atom. The number of para-hydroxylation sites is 1. The molecule has 4 nitrogen and oxygen atoms in total. The number of aromatic amines is 1. The van der Waals surface area contributed by atoms with Gasteiger partial charge in [-0.3, -0.25) is 5.10 Å². The number of hydrogen-bond acceptors (Lipinski definition) is 3. The summed E-state index contributed by atoms with van der Waals surface area (Å²) in [6.07, 6.45) is 0. The highest BCUT2D eigenvalue weighted by Crippen LogP contribution is 2.36. The molecule has 1 atom stereocenters. The molecule has 16 heavy (non-hydrogen) atoms. The molecule has 0 bridgehead atoms. The number of fused-ring (bicyclic) bond motifs is 1. The van der Waals surface area contributed by atoms with Crippen molar-refractivity contribution in [2.75, 3.05) is 6.61 Å². The predicted octanol–water partition coefficient (Wildman–Crippen LogP) is 2.00. The van der Waals surface area contributed by atoms with E-state index in [4.69, 9.17) is 17.0 Å². The highest BCUT2D eigenvalue weighted by atomic mass is 32.1. The van der Waals surface area contributed by atoms with Gasteiger partial charge in [0.2, 0.25) is 0 Å². The summed E-state index contributed by atoms with van der Waals surface area (Å²) in [5, 5.41) is 7.07. The maximum Gasteiger partial charge on any atom is 0.194 e. The van der Waals surface area contributed by atoms with E-state index in [1.807, 2.05) is 29.8 Å². The lowest BCUT2D eigenvalue weighted by atomic mass is 10.0. The molecule has 5 heteroatoms. The van der Waals surface area contributed by atoms with Gasteiger partial charge in [0.15, 0.2) is 4.77 Å². The van der Waals surface area contributed by atoms with Crippen LogP contribution in [0.1, 0.15) is 17.3 Å². The topological polar surface area (TPSA) is 42.8 Å². The average molecular weight is 233 g/mol. The maximum atomic E-state index is 5.63. The molecule has 0 aliphatic carbocycles. The van der Waals surface area contributed by atoms with Crippen LogP contribution >= 0.6 is 12.2 Å². The standard InChI is InChI=1S/C11H11N3OS/c1-14-10(12-13-11(14)16)8-6-15-9-5-3-2-4-7(8)9/h2-5,8H,6H2,1H3,(H,13,16). The van der Waals surface area contributed by atoms with Crippen molar-refractivity contribution >= 4 is 12.2 Å². The Balaban J connectivity index is 2.11. The molecule has 2 aromatic rings. The minimum Gasteiger partial charge on any atom is -0.492 e. The highest BCUT2D eigenvalue weighted by Gasteiger charge is 2.28. The highest BCUT2D eigenvalue weighted by molar-refractivity contribution is 7.71. The molecule has 0 saturated carbocycles. The molecular weight excluding hydrogens is 222 g/mol. The van der Waals surface area contributed by atoms with Crippen LogP contribution in [0.3, 0.4) is 0 Å². The van der Waals surface area contributed by atoms with Crippen molar-refractivity contribution in [1.82, 2.24) is 14.8 Å². The third kappa shape index (κ3) is 1.28. The van der Waals surface area contributed by atoms with E-state index in [1.165, 1.54) is 5.56 Å². The first kappa shape index (κ1) is 9.59. The van der Waals surface area contributed by atoms with Gasteiger partial charge in [0.05, 0.1) is 5.92 Å². The van der Waals surface area contributed by atoms with Crippen LogP contribution in [0, 0.1) is 4.77 Å². The van der Waals surface area contributed by atoms with Crippen molar-refractivity contribution in [3.63, 3.8) is 0 Å². The van der Waals surface area contributed by atoms with E-state index in [0.717, 1.165) is 11.6 Å². The Labute approximate surface area is 97.9 Å². The summed E-state index contributed by atoms with van der Waals surface area (Å²) >= 11 is 5.11. The fraction of sp³-hybridized carbons (Fsp3) is 0.273. The van der Waals surface area contributed by atoms with Gasteiger partial charge in [0.1, 0.15) is 18.2 Å². The van der Waals surface area contributed by atoms with Gasteiger partial charge in [-0.25, -0.2) is 0 Å². The Bertz CT molecular complexity index is 587. The molecule has 0 radical (unpaired) electrons. The first-order valence-electron chi connectivity index (χ1n) is 5.10. The Morgan fingerprint density at radius 3 is 3.06 bits per heavy atom. The second-order valence-corrected chi connectivity index (χ2v) is 4.23. The zero-order valence-corrected chi connectivity index (χ0v) is 9.62. The molecule has 1 aliphatic rings. The average Bonchev–Trinajstić information content (AvgIpc) is 2.85. The summed E-state index contributed by atoms with van der Waals surface area (Å²) < 4.78 is 8.16.